The summed E-state index contributed by atoms with van der Waals surface area (Å²) in [5.74, 6) is 0. The standard InChI is InChI=1S/C8H17NO3/c1-7-6-12-3-2-9(7)4-8(11)5-10/h7-8,10-11H,2-6H2,1H3. The van der Waals surface area contributed by atoms with Crippen molar-refractivity contribution in [3.05, 3.63) is 0 Å². The molecular weight excluding hydrogens is 158 g/mol. The Bertz CT molecular complexity index is 131. The minimum absolute atomic E-state index is 0.163. The molecule has 0 spiro atoms. The van der Waals surface area contributed by atoms with Gasteiger partial charge in [0.15, 0.2) is 0 Å². The van der Waals surface area contributed by atoms with E-state index >= 15 is 0 Å². The van der Waals surface area contributed by atoms with Crippen molar-refractivity contribution in [1.29, 1.82) is 0 Å². The normalized spacial score (nSPS) is 28.8. The maximum atomic E-state index is 9.20. The maximum absolute atomic E-state index is 9.20. The largest absolute Gasteiger partial charge is 0.394 e. The van der Waals surface area contributed by atoms with E-state index in [2.05, 4.69) is 11.8 Å². The zero-order chi connectivity index (χ0) is 8.97. The van der Waals surface area contributed by atoms with Crippen LogP contribution in [0.3, 0.4) is 0 Å². The van der Waals surface area contributed by atoms with Crippen molar-refractivity contribution in [1.82, 2.24) is 4.90 Å². The molecule has 2 atom stereocenters. The fraction of sp³-hybridized carbons (Fsp3) is 1.00. The fourth-order valence-electron chi connectivity index (χ4n) is 1.36. The molecule has 1 heterocycles. The van der Waals surface area contributed by atoms with Crippen molar-refractivity contribution < 1.29 is 14.9 Å². The van der Waals surface area contributed by atoms with Gasteiger partial charge in [0.2, 0.25) is 0 Å². The molecule has 0 aromatic heterocycles. The molecule has 0 aromatic rings. The van der Waals surface area contributed by atoms with Crippen LogP contribution < -0.4 is 0 Å². The second-order valence-electron chi connectivity index (χ2n) is 3.26. The van der Waals surface area contributed by atoms with Crippen LogP contribution in [-0.2, 0) is 4.74 Å². The summed E-state index contributed by atoms with van der Waals surface area (Å²) in [4.78, 5) is 2.13. The molecular formula is C8H17NO3. The molecule has 4 nitrogen and oxygen atoms in total. The van der Waals surface area contributed by atoms with Crippen LogP contribution in [0, 0.1) is 0 Å². The van der Waals surface area contributed by atoms with Crippen molar-refractivity contribution in [3.63, 3.8) is 0 Å². The van der Waals surface area contributed by atoms with Gasteiger partial charge in [-0.15, -0.1) is 0 Å². The fourth-order valence-corrected chi connectivity index (χ4v) is 1.36. The molecule has 0 radical (unpaired) electrons. The molecule has 1 aliphatic heterocycles. The first-order valence-corrected chi connectivity index (χ1v) is 4.34. The number of morpholine rings is 1. The first-order chi connectivity index (χ1) is 5.74. The van der Waals surface area contributed by atoms with E-state index in [9.17, 15) is 5.11 Å². The van der Waals surface area contributed by atoms with Gasteiger partial charge in [0, 0.05) is 19.1 Å². The molecule has 1 rings (SSSR count). The van der Waals surface area contributed by atoms with E-state index in [4.69, 9.17) is 9.84 Å². The van der Waals surface area contributed by atoms with Gasteiger partial charge in [-0.1, -0.05) is 0 Å². The summed E-state index contributed by atoms with van der Waals surface area (Å²) >= 11 is 0. The lowest BCUT2D eigenvalue weighted by molar-refractivity contribution is -0.0285. The van der Waals surface area contributed by atoms with Crippen molar-refractivity contribution in [2.75, 3.05) is 32.9 Å². The van der Waals surface area contributed by atoms with Gasteiger partial charge in [-0.25, -0.2) is 0 Å². The van der Waals surface area contributed by atoms with E-state index in [0.29, 0.717) is 12.6 Å². The average Bonchev–Trinajstić information content (AvgIpc) is 2.09. The van der Waals surface area contributed by atoms with Crippen molar-refractivity contribution in [3.8, 4) is 0 Å². The van der Waals surface area contributed by atoms with E-state index in [-0.39, 0.29) is 6.61 Å². The quantitative estimate of drug-likeness (QED) is 0.581. The summed E-state index contributed by atoms with van der Waals surface area (Å²) in [6.45, 7) is 4.73. The SMILES string of the molecule is CC1COCCN1CC(O)CO. The third kappa shape index (κ3) is 2.71. The van der Waals surface area contributed by atoms with E-state index < -0.39 is 6.10 Å². The predicted molar refractivity (Wildman–Crippen MR) is 44.9 cm³/mol. The van der Waals surface area contributed by atoms with E-state index in [0.717, 1.165) is 19.8 Å². The summed E-state index contributed by atoms with van der Waals surface area (Å²) in [6, 6.07) is 0.347. The Labute approximate surface area is 72.7 Å². The topological polar surface area (TPSA) is 52.9 Å². The molecule has 0 aliphatic carbocycles. The maximum Gasteiger partial charge on any atom is 0.0897 e. The molecule has 12 heavy (non-hydrogen) atoms. The Morgan fingerprint density at radius 3 is 3.00 bits per heavy atom. The van der Waals surface area contributed by atoms with Gasteiger partial charge >= 0.3 is 0 Å². The Morgan fingerprint density at radius 2 is 2.42 bits per heavy atom. The summed E-state index contributed by atoms with van der Waals surface area (Å²) in [7, 11) is 0. The van der Waals surface area contributed by atoms with Crippen LogP contribution in [0.5, 0.6) is 0 Å². The monoisotopic (exact) mass is 175 g/mol. The minimum atomic E-state index is -0.620. The number of rotatable bonds is 3. The highest BCUT2D eigenvalue weighted by atomic mass is 16.5. The van der Waals surface area contributed by atoms with E-state index in [1.54, 1.807) is 0 Å². The van der Waals surface area contributed by atoms with Crippen LogP contribution >= 0.6 is 0 Å². The highest BCUT2D eigenvalue weighted by Crippen LogP contribution is 2.06. The number of hydrogen-bond acceptors (Lipinski definition) is 4. The third-order valence-corrected chi connectivity index (χ3v) is 2.16. The van der Waals surface area contributed by atoms with Gasteiger partial charge in [-0.05, 0) is 6.92 Å². The van der Waals surface area contributed by atoms with E-state index in [1.807, 2.05) is 0 Å². The molecule has 4 heteroatoms. The number of hydrogen-bond donors (Lipinski definition) is 2. The van der Waals surface area contributed by atoms with Gasteiger partial charge in [0.05, 0.1) is 25.9 Å². The van der Waals surface area contributed by atoms with Gasteiger partial charge in [0.1, 0.15) is 0 Å². The summed E-state index contributed by atoms with van der Waals surface area (Å²) in [5.41, 5.74) is 0. The Morgan fingerprint density at radius 1 is 1.67 bits per heavy atom. The van der Waals surface area contributed by atoms with Crippen molar-refractivity contribution in [2.45, 2.75) is 19.1 Å². The zero-order valence-corrected chi connectivity index (χ0v) is 7.44. The molecule has 1 aliphatic rings. The molecule has 2 unspecified atom stereocenters. The van der Waals surface area contributed by atoms with Crippen LogP contribution in [-0.4, -0.2) is 60.2 Å². The van der Waals surface area contributed by atoms with Gasteiger partial charge in [-0.2, -0.15) is 0 Å². The number of aliphatic hydroxyl groups is 2. The van der Waals surface area contributed by atoms with E-state index in [1.165, 1.54) is 0 Å². The van der Waals surface area contributed by atoms with Crippen LogP contribution in [0.25, 0.3) is 0 Å². The third-order valence-electron chi connectivity index (χ3n) is 2.16. The Balaban J connectivity index is 2.28. The van der Waals surface area contributed by atoms with Gasteiger partial charge in [0.25, 0.3) is 0 Å². The van der Waals surface area contributed by atoms with Crippen LogP contribution in [0.4, 0.5) is 0 Å². The predicted octanol–water partition coefficient (Wildman–Crippen LogP) is -0.940. The highest BCUT2D eigenvalue weighted by Gasteiger charge is 2.20. The van der Waals surface area contributed by atoms with Crippen LogP contribution in [0.1, 0.15) is 6.92 Å². The zero-order valence-electron chi connectivity index (χ0n) is 7.44. The Kier molecular flexibility index (Phi) is 3.94. The summed E-state index contributed by atoms with van der Waals surface area (Å²) in [5, 5.41) is 17.8. The lowest BCUT2D eigenvalue weighted by Gasteiger charge is -2.34. The lowest BCUT2D eigenvalue weighted by atomic mass is 10.2. The molecule has 2 N–H and O–H groups in total. The number of aliphatic hydroxyl groups excluding tert-OH is 2. The summed E-state index contributed by atoms with van der Waals surface area (Å²) in [6.07, 6.45) is -0.620. The average molecular weight is 175 g/mol. The minimum Gasteiger partial charge on any atom is -0.394 e. The first-order valence-electron chi connectivity index (χ1n) is 4.34. The van der Waals surface area contributed by atoms with Crippen molar-refractivity contribution in [2.24, 2.45) is 0 Å². The van der Waals surface area contributed by atoms with Gasteiger partial charge in [-0.3, -0.25) is 4.90 Å². The number of β-amino-alcohol motifs (C(OH)–C–C–N with tert-alkyl or cyclic N) is 1. The molecule has 0 aromatic carbocycles. The molecule has 1 saturated heterocycles. The summed E-state index contributed by atoms with van der Waals surface area (Å²) < 4.78 is 5.24. The van der Waals surface area contributed by atoms with Crippen LogP contribution in [0.2, 0.25) is 0 Å². The second-order valence-corrected chi connectivity index (χ2v) is 3.26. The molecule has 0 saturated carbocycles. The second kappa shape index (κ2) is 4.77. The molecule has 0 amide bonds. The van der Waals surface area contributed by atoms with Crippen molar-refractivity contribution >= 4 is 0 Å². The number of ether oxygens (including phenoxy) is 1. The molecule has 0 bridgehead atoms. The smallest absolute Gasteiger partial charge is 0.0897 e. The Hall–Kier alpha value is -0.160. The first kappa shape index (κ1) is 9.92. The highest BCUT2D eigenvalue weighted by molar-refractivity contribution is 4.73. The lowest BCUT2D eigenvalue weighted by Crippen LogP contribution is -2.47. The molecule has 1 fully saturated rings. The van der Waals surface area contributed by atoms with Crippen LogP contribution in [0.15, 0.2) is 0 Å². The van der Waals surface area contributed by atoms with Gasteiger partial charge < -0.3 is 14.9 Å². The molecule has 72 valence electrons. The number of nitrogens with zero attached hydrogens (tertiary/aromatic N) is 1.